The van der Waals surface area contributed by atoms with Crippen LogP contribution in [-0.4, -0.2) is 13.4 Å². The first-order valence-corrected chi connectivity index (χ1v) is 38.8. The summed E-state index contributed by atoms with van der Waals surface area (Å²) < 4.78 is 0. The van der Waals surface area contributed by atoms with Crippen molar-refractivity contribution >= 4 is 158 Å². The molecule has 19 aromatic carbocycles. The molecule has 0 spiro atoms. The molecular formula is C106H72B2N4. The summed E-state index contributed by atoms with van der Waals surface area (Å²) in [4.78, 5) is 9.98. The number of nitrogens with zero attached hydrogens (tertiary/aromatic N) is 4. The smallest absolute Gasteiger partial charge is 0.246 e. The van der Waals surface area contributed by atoms with Gasteiger partial charge in [-0.1, -0.05) is 345 Å². The van der Waals surface area contributed by atoms with Gasteiger partial charge in [0.1, 0.15) is 0 Å². The van der Waals surface area contributed by atoms with Crippen molar-refractivity contribution in [2.45, 2.75) is 0 Å². The van der Waals surface area contributed by atoms with E-state index in [1.54, 1.807) is 0 Å². The van der Waals surface area contributed by atoms with Crippen molar-refractivity contribution in [3.05, 3.63) is 437 Å². The highest BCUT2D eigenvalue weighted by atomic mass is 15.2. The van der Waals surface area contributed by atoms with Gasteiger partial charge in [0.05, 0.1) is 0 Å². The van der Waals surface area contributed by atoms with Gasteiger partial charge in [0, 0.05) is 68.2 Å². The number of benzene rings is 19. The van der Waals surface area contributed by atoms with Crippen molar-refractivity contribution in [3.63, 3.8) is 0 Å². The molecule has 2 aliphatic heterocycles. The van der Waals surface area contributed by atoms with Crippen molar-refractivity contribution in [1.82, 2.24) is 0 Å². The predicted molar refractivity (Wildman–Crippen MR) is 479 cm³/mol. The van der Waals surface area contributed by atoms with Crippen LogP contribution in [0.1, 0.15) is 0 Å². The lowest BCUT2D eigenvalue weighted by Crippen LogP contribution is -2.62. The van der Waals surface area contributed by atoms with Gasteiger partial charge >= 0.3 is 0 Å². The second-order valence-electron chi connectivity index (χ2n) is 29.3. The highest BCUT2D eigenvalue weighted by Crippen LogP contribution is 2.51. The Morgan fingerprint density at radius 3 is 0.679 bits per heavy atom. The summed E-state index contributed by atoms with van der Waals surface area (Å²) in [6.45, 7) is -0.361. The van der Waals surface area contributed by atoms with Gasteiger partial charge in [-0.3, -0.25) is 0 Å². The topological polar surface area (TPSA) is 13.0 Å². The summed E-state index contributed by atoms with van der Waals surface area (Å²) in [5, 5.41) is 9.77. The van der Waals surface area contributed by atoms with Crippen molar-refractivity contribution in [3.8, 4) is 44.5 Å². The molecule has 2 heterocycles. The molecule has 19 aromatic rings. The Hall–Kier alpha value is -14.5. The lowest BCUT2D eigenvalue weighted by atomic mass is 9.31. The van der Waals surface area contributed by atoms with Crippen molar-refractivity contribution in [1.29, 1.82) is 0 Å². The van der Waals surface area contributed by atoms with E-state index in [1.165, 1.54) is 109 Å². The fourth-order valence-electron chi connectivity index (χ4n) is 18.3. The molecule has 0 saturated carbocycles. The maximum absolute atomic E-state index is 2.61. The summed E-state index contributed by atoms with van der Waals surface area (Å²) in [6, 6.07) is 162. The Morgan fingerprint density at radius 1 is 0.170 bits per heavy atom. The first kappa shape index (κ1) is 65.8. The summed E-state index contributed by atoms with van der Waals surface area (Å²) in [5.74, 6) is 0. The SMILES string of the molecule is c1ccc(B2c3ccc(N(c4ccccc4)c4ccccc4)cc3N(c3ccc(-c4c5ccccc5c(-c5ccccc5)c5ccccc45)cc3)c3cc4c(cc32)B(c2ccccc2)c2ccc(N(c3ccccc3)c3ccccc3)cc2N4c2ccc(-c3c4ccccc4c(-c4ccccc4)c4ccccc34)cc2)cc1. The molecule has 0 amide bonds. The maximum atomic E-state index is 2.61. The average Bonchev–Trinajstić information content (AvgIpc) is 0.701. The number of fused-ring (bicyclic) bond motifs is 8. The lowest BCUT2D eigenvalue weighted by Gasteiger charge is -2.42. The Morgan fingerprint density at radius 2 is 0.402 bits per heavy atom. The zero-order valence-corrected chi connectivity index (χ0v) is 61.5. The van der Waals surface area contributed by atoms with Crippen LogP contribution in [0.5, 0.6) is 0 Å². The summed E-state index contributed by atoms with van der Waals surface area (Å²) in [5.41, 5.74) is 29.8. The van der Waals surface area contributed by atoms with Crippen molar-refractivity contribution in [2.75, 3.05) is 19.6 Å². The van der Waals surface area contributed by atoms with Gasteiger partial charge in [0.2, 0.25) is 13.4 Å². The molecule has 21 rings (SSSR count). The number of para-hydroxylation sites is 4. The molecule has 2 aliphatic rings. The van der Waals surface area contributed by atoms with Gasteiger partial charge in [0.25, 0.3) is 0 Å². The molecule has 0 atom stereocenters. The van der Waals surface area contributed by atoms with E-state index >= 15 is 0 Å². The van der Waals surface area contributed by atoms with Crippen molar-refractivity contribution < 1.29 is 0 Å². The fraction of sp³-hybridized carbons (Fsp3) is 0. The van der Waals surface area contributed by atoms with Gasteiger partial charge in [0.15, 0.2) is 0 Å². The first-order chi connectivity index (χ1) is 55.6. The molecule has 6 heteroatoms. The largest absolute Gasteiger partial charge is 0.311 e. The Bertz CT molecular complexity index is 6130. The van der Waals surface area contributed by atoms with Gasteiger partial charge in [-0.15, -0.1) is 0 Å². The Labute approximate surface area is 654 Å². The zero-order valence-electron chi connectivity index (χ0n) is 61.5. The molecule has 522 valence electrons. The molecule has 0 fully saturated rings. The molecular weight excluding hydrogens is 1350 g/mol. The molecule has 0 saturated heterocycles. The third kappa shape index (κ3) is 11.2. The van der Waals surface area contributed by atoms with Crippen LogP contribution >= 0.6 is 0 Å². The number of hydrogen-bond acceptors (Lipinski definition) is 4. The maximum Gasteiger partial charge on any atom is 0.246 e. The van der Waals surface area contributed by atoms with Gasteiger partial charge in [-0.25, -0.2) is 0 Å². The second-order valence-corrected chi connectivity index (χ2v) is 29.3. The number of hydrogen-bond donors (Lipinski definition) is 0. The van der Waals surface area contributed by atoms with E-state index in [9.17, 15) is 0 Å². The number of rotatable bonds is 14. The molecule has 0 bridgehead atoms. The molecule has 0 aliphatic carbocycles. The van der Waals surface area contributed by atoms with E-state index in [-0.39, 0.29) is 13.4 Å². The summed E-state index contributed by atoms with van der Waals surface area (Å²) >= 11 is 0. The van der Waals surface area contributed by atoms with Crippen LogP contribution in [0.25, 0.3) is 87.6 Å². The van der Waals surface area contributed by atoms with Crippen LogP contribution in [0.3, 0.4) is 0 Å². The van der Waals surface area contributed by atoms with Gasteiger partial charge < -0.3 is 19.6 Å². The van der Waals surface area contributed by atoms with Crippen LogP contribution in [0.2, 0.25) is 0 Å². The molecule has 0 aromatic heterocycles. The molecule has 0 radical (unpaired) electrons. The second kappa shape index (κ2) is 28.0. The van der Waals surface area contributed by atoms with E-state index in [4.69, 9.17) is 0 Å². The summed E-state index contributed by atoms with van der Waals surface area (Å²) in [7, 11) is 0. The predicted octanol–water partition coefficient (Wildman–Crippen LogP) is 24.5. The zero-order chi connectivity index (χ0) is 74.0. The van der Waals surface area contributed by atoms with E-state index in [0.29, 0.717) is 0 Å². The van der Waals surface area contributed by atoms with Crippen molar-refractivity contribution in [2.24, 2.45) is 0 Å². The van der Waals surface area contributed by atoms with Gasteiger partial charge in [-0.2, -0.15) is 0 Å². The monoisotopic (exact) mass is 1420 g/mol. The normalized spacial score (nSPS) is 12.2. The van der Waals surface area contributed by atoms with E-state index in [0.717, 1.165) is 79.4 Å². The standard InChI is InChI=1S/C106H72B2N4/c1-9-33-73(34-10-1)103-87-49-25-29-53-91(87)105(92-54-30-26-50-88(92)103)75-57-61-83(62-58-75)111-99-69-85(109(79-41-17-5-18-42-79)80-43-19-6-20-44-80)65-67-95(99)107(77-37-13-3-14-38-77)97-71-98-102(72-101(97)111)112(84-63-59-76(60-64-84)106-93-55-31-27-51-89(93)104(74-35-11-2-12-36-74)90-52-28-32-56-94(90)106)100-70-86(66-68-96(100)108(98)78-39-15-4-16-40-78)110(81-45-21-7-22-46-81)82-47-23-8-24-48-82/h1-72H. The van der Waals surface area contributed by atoms with Gasteiger partial charge in [-0.05, 0) is 213 Å². The van der Waals surface area contributed by atoms with Crippen LogP contribution in [0, 0.1) is 0 Å². The Balaban J connectivity index is 0.833. The van der Waals surface area contributed by atoms with Crippen LogP contribution < -0.4 is 52.4 Å². The lowest BCUT2D eigenvalue weighted by molar-refractivity contribution is 1.24. The minimum atomic E-state index is -0.181. The highest BCUT2D eigenvalue weighted by molar-refractivity contribution is 7.01. The molecule has 0 N–H and O–H groups in total. The molecule has 112 heavy (non-hydrogen) atoms. The van der Waals surface area contributed by atoms with Crippen LogP contribution in [0.4, 0.5) is 68.2 Å². The fourth-order valence-corrected chi connectivity index (χ4v) is 18.3. The van der Waals surface area contributed by atoms with Crippen LogP contribution in [0.15, 0.2) is 437 Å². The Kier molecular flexibility index (Phi) is 16.4. The third-order valence-electron chi connectivity index (χ3n) is 23.1. The third-order valence-corrected chi connectivity index (χ3v) is 23.1. The minimum absolute atomic E-state index is 0.181. The first-order valence-electron chi connectivity index (χ1n) is 38.8. The van der Waals surface area contributed by atoms with Crippen LogP contribution in [-0.2, 0) is 0 Å². The number of anilines is 12. The average molecular weight is 1420 g/mol. The molecule has 0 unspecified atom stereocenters. The summed E-state index contributed by atoms with van der Waals surface area (Å²) in [6.07, 6.45) is 0. The highest BCUT2D eigenvalue weighted by Gasteiger charge is 2.42. The minimum Gasteiger partial charge on any atom is -0.311 e. The van der Waals surface area contributed by atoms with E-state index in [2.05, 4.69) is 456 Å². The van der Waals surface area contributed by atoms with E-state index in [1.807, 2.05) is 0 Å². The van der Waals surface area contributed by atoms with E-state index < -0.39 is 0 Å². The molecule has 4 nitrogen and oxygen atoms in total. The quantitative estimate of drug-likeness (QED) is 0.0795.